The molecule has 45 heavy (non-hydrogen) atoms. The molecule has 23 heteroatoms. The van der Waals surface area contributed by atoms with Crippen LogP contribution in [0.25, 0.3) is 0 Å². The van der Waals surface area contributed by atoms with E-state index in [1.165, 1.54) is 0 Å². The van der Waals surface area contributed by atoms with Crippen molar-refractivity contribution in [3.63, 3.8) is 0 Å². The molecule has 0 saturated carbocycles. The topological polar surface area (TPSA) is 192 Å². The molecule has 0 atom stereocenters. The summed E-state index contributed by atoms with van der Waals surface area (Å²) in [5.74, 6) is -19.1. The summed E-state index contributed by atoms with van der Waals surface area (Å²) in [6.07, 6.45) is -7.81. The van der Waals surface area contributed by atoms with Gasteiger partial charge in [-0.3, -0.25) is 24.5 Å². The molecule has 1 aromatic carbocycles. The van der Waals surface area contributed by atoms with E-state index >= 15 is 0 Å². The highest BCUT2D eigenvalue weighted by Crippen LogP contribution is 2.51. The fraction of sp³-hybridized carbons (Fsp3) is 0.318. The Morgan fingerprint density at radius 2 is 1.78 bits per heavy atom. The second-order valence-corrected chi connectivity index (χ2v) is 9.50. The van der Waals surface area contributed by atoms with Crippen LogP contribution < -0.4 is 5.32 Å². The minimum atomic E-state index is -6.71. The number of benzene rings is 1. The van der Waals surface area contributed by atoms with Crippen molar-refractivity contribution in [2.75, 3.05) is 11.9 Å². The number of ether oxygens (including phenoxy) is 1. The number of tetrazole rings is 1. The van der Waals surface area contributed by atoms with Crippen LogP contribution in [0, 0.1) is 15.9 Å². The largest absolute Gasteiger partial charge is 0.481 e. The Morgan fingerprint density at radius 1 is 1.09 bits per heavy atom. The van der Waals surface area contributed by atoms with Gasteiger partial charge in [0.25, 0.3) is 11.6 Å². The standard InChI is InChI=1S/C22H15F8N7O7S/c23-13-7-10(20(24,25)21(26,27)22(28,29)30)9-31-17(13)32-18(41)12-8-11(37(42)43)1-2-14(12)45-19-33-34-35-36(19)5-6-44-16(40)4-3-15(38)39/h1-2,7-9H,3-6H2,(H,38,39)(H,31,32,41). The van der Waals surface area contributed by atoms with Gasteiger partial charge in [-0.1, -0.05) is 0 Å². The van der Waals surface area contributed by atoms with E-state index in [0.29, 0.717) is 17.8 Å². The molecular formula is C22H15F8N7O7S. The van der Waals surface area contributed by atoms with Gasteiger partial charge in [-0.05, 0) is 34.3 Å². The number of nitro groups is 1. The average Bonchev–Trinajstić information content (AvgIpc) is 3.38. The Morgan fingerprint density at radius 3 is 2.38 bits per heavy atom. The second-order valence-electron chi connectivity index (χ2n) is 8.49. The molecule has 3 rings (SSSR count). The van der Waals surface area contributed by atoms with Crippen LogP contribution in [0.5, 0.6) is 0 Å². The molecule has 14 nitrogen and oxygen atoms in total. The van der Waals surface area contributed by atoms with Crippen molar-refractivity contribution in [2.24, 2.45) is 0 Å². The van der Waals surface area contributed by atoms with Crippen LogP contribution in [0.3, 0.4) is 0 Å². The number of carboxylic acids is 1. The number of anilines is 1. The number of alkyl halides is 7. The average molecular weight is 673 g/mol. The van der Waals surface area contributed by atoms with Gasteiger partial charge in [-0.2, -0.15) is 30.7 Å². The maximum atomic E-state index is 14.5. The maximum Gasteiger partial charge on any atom is 0.460 e. The predicted octanol–water partition coefficient (Wildman–Crippen LogP) is 4.22. The molecule has 0 unspecified atom stereocenters. The van der Waals surface area contributed by atoms with Gasteiger partial charge < -0.3 is 15.2 Å². The number of non-ortho nitro benzene ring substituents is 1. The Balaban J connectivity index is 1.83. The number of carbonyl (C=O) groups excluding carboxylic acids is 2. The highest BCUT2D eigenvalue weighted by Gasteiger charge is 2.73. The molecule has 0 bridgehead atoms. The summed E-state index contributed by atoms with van der Waals surface area (Å²) in [5.41, 5.74) is -3.38. The molecule has 242 valence electrons. The van der Waals surface area contributed by atoms with Crippen LogP contribution in [0.4, 0.5) is 46.6 Å². The number of aliphatic carboxylic acids is 1. The molecular weight excluding hydrogens is 658 g/mol. The van der Waals surface area contributed by atoms with Crippen LogP contribution in [0.1, 0.15) is 28.8 Å². The Bertz CT molecular complexity index is 1620. The van der Waals surface area contributed by atoms with Crippen molar-refractivity contribution in [3.05, 3.63) is 57.5 Å². The summed E-state index contributed by atoms with van der Waals surface area (Å²) in [7, 11) is 0. The van der Waals surface area contributed by atoms with Gasteiger partial charge >= 0.3 is 30.0 Å². The van der Waals surface area contributed by atoms with Crippen LogP contribution in [0.15, 0.2) is 40.5 Å². The third-order valence-electron chi connectivity index (χ3n) is 5.41. The van der Waals surface area contributed by atoms with Gasteiger partial charge in [-0.15, -0.1) is 5.10 Å². The molecule has 3 aromatic rings. The van der Waals surface area contributed by atoms with Gasteiger partial charge in [0.1, 0.15) is 6.61 Å². The molecule has 1 amide bonds. The quantitative estimate of drug-likeness (QED) is 0.114. The molecule has 0 saturated heterocycles. The zero-order valence-corrected chi connectivity index (χ0v) is 22.5. The van der Waals surface area contributed by atoms with E-state index in [1.807, 2.05) is 0 Å². The first kappa shape index (κ1) is 34.5. The number of carbonyl (C=O) groups is 3. The number of pyridine rings is 1. The molecule has 0 radical (unpaired) electrons. The zero-order valence-electron chi connectivity index (χ0n) is 21.7. The van der Waals surface area contributed by atoms with Gasteiger partial charge in [0.15, 0.2) is 11.6 Å². The summed E-state index contributed by atoms with van der Waals surface area (Å²) >= 11 is 0.617. The molecule has 0 aliphatic carbocycles. The predicted molar refractivity (Wildman–Crippen MR) is 130 cm³/mol. The van der Waals surface area contributed by atoms with Gasteiger partial charge in [0.05, 0.1) is 29.9 Å². The number of rotatable bonds is 13. The van der Waals surface area contributed by atoms with Gasteiger partial charge in [0.2, 0.25) is 5.16 Å². The molecule has 0 aliphatic heterocycles. The number of halogens is 8. The number of amides is 1. The molecule has 0 aliphatic rings. The smallest absolute Gasteiger partial charge is 0.460 e. The first-order valence-corrected chi connectivity index (χ1v) is 12.6. The Kier molecular flexibility index (Phi) is 10.2. The molecule has 0 fully saturated rings. The number of carboxylic acid groups (broad SMARTS) is 1. The summed E-state index contributed by atoms with van der Waals surface area (Å²) in [6, 6.07) is 2.32. The molecule has 2 N–H and O–H groups in total. The molecule has 0 spiro atoms. The van der Waals surface area contributed by atoms with Crippen LogP contribution >= 0.6 is 11.8 Å². The van der Waals surface area contributed by atoms with Gasteiger partial charge in [-0.25, -0.2) is 14.1 Å². The number of nitro benzene ring substituents is 1. The lowest BCUT2D eigenvalue weighted by Gasteiger charge is -2.28. The van der Waals surface area contributed by atoms with Crippen molar-refractivity contribution < 1.29 is 64.3 Å². The van der Waals surface area contributed by atoms with E-state index in [1.54, 1.807) is 5.32 Å². The number of aromatic nitrogens is 5. The Hall–Kier alpha value is -4.96. The SMILES string of the molecule is O=C(O)CCC(=O)OCCn1nnnc1Sc1ccc([N+](=O)[O-])cc1C(=O)Nc1ncc(C(F)(F)C(F)(F)C(F)(F)F)cc1F. The first-order valence-electron chi connectivity index (χ1n) is 11.7. The molecule has 2 aromatic heterocycles. The lowest BCUT2D eigenvalue weighted by molar-refractivity contribution is -0.384. The highest BCUT2D eigenvalue weighted by atomic mass is 32.2. The fourth-order valence-corrected chi connectivity index (χ4v) is 4.07. The third-order valence-corrected chi connectivity index (χ3v) is 6.46. The minimum Gasteiger partial charge on any atom is -0.481 e. The highest BCUT2D eigenvalue weighted by molar-refractivity contribution is 7.99. The number of hydrogen-bond acceptors (Lipinski definition) is 11. The summed E-state index contributed by atoms with van der Waals surface area (Å²) in [6.45, 7) is -0.498. The number of esters is 1. The van der Waals surface area contributed by atoms with E-state index in [9.17, 15) is 59.6 Å². The van der Waals surface area contributed by atoms with Crippen molar-refractivity contribution >= 4 is 41.1 Å². The van der Waals surface area contributed by atoms with Gasteiger partial charge in [0, 0.05) is 28.8 Å². The summed E-state index contributed by atoms with van der Waals surface area (Å²) in [5, 5.41) is 32.3. The molecule has 2 heterocycles. The van der Waals surface area contributed by atoms with Crippen molar-refractivity contribution in [2.45, 2.75) is 47.5 Å². The van der Waals surface area contributed by atoms with Crippen molar-refractivity contribution in [1.82, 2.24) is 25.2 Å². The van der Waals surface area contributed by atoms with E-state index in [0.717, 1.165) is 16.8 Å². The van der Waals surface area contributed by atoms with Crippen molar-refractivity contribution in [1.29, 1.82) is 0 Å². The van der Waals surface area contributed by atoms with E-state index in [2.05, 4.69) is 20.5 Å². The summed E-state index contributed by atoms with van der Waals surface area (Å²) in [4.78, 5) is 48.4. The zero-order chi connectivity index (χ0) is 33.7. The normalized spacial score (nSPS) is 12.1. The maximum absolute atomic E-state index is 14.5. The Labute approximate surface area is 247 Å². The number of nitrogens with zero attached hydrogens (tertiary/aromatic N) is 6. The number of hydrogen-bond donors (Lipinski definition) is 2. The lowest BCUT2D eigenvalue weighted by atomic mass is 10.0. The monoisotopic (exact) mass is 673 g/mol. The van der Waals surface area contributed by atoms with Crippen molar-refractivity contribution in [3.8, 4) is 0 Å². The van der Waals surface area contributed by atoms with E-state index in [4.69, 9.17) is 9.84 Å². The summed E-state index contributed by atoms with van der Waals surface area (Å²) < 4.78 is 112. The first-order chi connectivity index (χ1) is 20.8. The number of nitrogens with one attached hydrogen (secondary N) is 1. The fourth-order valence-electron chi connectivity index (χ4n) is 3.17. The lowest BCUT2D eigenvalue weighted by Crippen LogP contribution is -2.50. The second kappa shape index (κ2) is 13.4. The van der Waals surface area contributed by atoms with E-state index < -0.39 is 88.1 Å². The van der Waals surface area contributed by atoms with Crippen LogP contribution in [0.2, 0.25) is 0 Å². The van der Waals surface area contributed by atoms with Crippen LogP contribution in [-0.4, -0.2) is 71.8 Å². The van der Waals surface area contributed by atoms with E-state index in [-0.39, 0.29) is 29.4 Å². The third kappa shape index (κ3) is 7.96. The van der Waals surface area contributed by atoms with Crippen LogP contribution in [-0.2, 0) is 26.8 Å². The minimum absolute atomic E-state index is 0.0824.